The van der Waals surface area contributed by atoms with Crippen molar-refractivity contribution in [2.45, 2.75) is 26.7 Å². The van der Waals surface area contributed by atoms with Crippen LogP contribution in [0, 0.1) is 0 Å². The molecule has 0 radical (unpaired) electrons. The maximum Gasteiger partial charge on any atom is 0.336 e. The minimum atomic E-state index is -0.963. The lowest BCUT2D eigenvalue weighted by Crippen LogP contribution is -2.00. The third kappa shape index (κ3) is 4.86. The van der Waals surface area contributed by atoms with Crippen LogP contribution in [0.5, 0.6) is 11.5 Å². The monoisotopic (exact) mass is 340 g/mol. The summed E-state index contributed by atoms with van der Waals surface area (Å²) in [5.41, 5.74) is 2.84. The fourth-order valence-corrected chi connectivity index (χ4v) is 2.46. The van der Waals surface area contributed by atoms with E-state index in [4.69, 9.17) is 9.47 Å². The standard InChI is InChI=1S/C21H24O4/c1-4-12-25-19-11-8-16(14-20(19)24-3)13-18(21(22)23)17-9-6-15(5-2)7-10-17/h6-11,13-14H,4-5,12H2,1-3H3,(H,22,23)/b18-13-. The molecule has 0 heterocycles. The maximum absolute atomic E-state index is 11.7. The van der Waals surface area contributed by atoms with E-state index in [0.717, 1.165) is 18.4 Å². The number of benzene rings is 2. The molecule has 4 nitrogen and oxygen atoms in total. The fourth-order valence-electron chi connectivity index (χ4n) is 2.46. The van der Waals surface area contributed by atoms with Crippen LogP contribution in [0.1, 0.15) is 37.0 Å². The molecule has 1 N–H and O–H groups in total. The highest BCUT2D eigenvalue weighted by Gasteiger charge is 2.12. The van der Waals surface area contributed by atoms with Crippen molar-refractivity contribution in [3.63, 3.8) is 0 Å². The number of carboxylic acid groups (broad SMARTS) is 1. The third-order valence-electron chi connectivity index (χ3n) is 3.86. The number of methoxy groups -OCH3 is 1. The van der Waals surface area contributed by atoms with E-state index < -0.39 is 5.97 Å². The van der Waals surface area contributed by atoms with Crippen molar-refractivity contribution in [2.24, 2.45) is 0 Å². The van der Waals surface area contributed by atoms with Crippen LogP contribution in [0.25, 0.3) is 11.6 Å². The van der Waals surface area contributed by atoms with E-state index in [9.17, 15) is 9.90 Å². The molecule has 0 aromatic heterocycles. The highest BCUT2D eigenvalue weighted by Crippen LogP contribution is 2.30. The maximum atomic E-state index is 11.7. The van der Waals surface area contributed by atoms with E-state index in [1.807, 2.05) is 37.3 Å². The van der Waals surface area contributed by atoms with Gasteiger partial charge in [0.05, 0.1) is 19.3 Å². The lowest BCUT2D eigenvalue weighted by atomic mass is 10.0. The first kappa shape index (κ1) is 18.6. The zero-order valence-electron chi connectivity index (χ0n) is 14.9. The topological polar surface area (TPSA) is 55.8 Å². The summed E-state index contributed by atoms with van der Waals surface area (Å²) in [5.74, 6) is 0.286. The summed E-state index contributed by atoms with van der Waals surface area (Å²) in [6, 6.07) is 13.0. The van der Waals surface area contributed by atoms with Gasteiger partial charge in [-0.15, -0.1) is 0 Å². The summed E-state index contributed by atoms with van der Waals surface area (Å²) in [7, 11) is 1.57. The molecular weight excluding hydrogens is 316 g/mol. The summed E-state index contributed by atoms with van der Waals surface area (Å²) in [6.07, 6.45) is 3.47. The van der Waals surface area contributed by atoms with E-state index >= 15 is 0 Å². The van der Waals surface area contributed by atoms with Crippen molar-refractivity contribution in [3.05, 3.63) is 59.2 Å². The predicted molar refractivity (Wildman–Crippen MR) is 100 cm³/mol. The second-order valence-corrected chi connectivity index (χ2v) is 5.67. The van der Waals surface area contributed by atoms with Crippen LogP contribution in [0.4, 0.5) is 0 Å². The van der Waals surface area contributed by atoms with Crippen molar-refractivity contribution in [1.82, 2.24) is 0 Å². The Kier molecular flexibility index (Phi) is 6.63. The van der Waals surface area contributed by atoms with Crippen LogP contribution in [0.3, 0.4) is 0 Å². The molecule has 0 aliphatic carbocycles. The molecule has 0 aliphatic heterocycles. The molecule has 0 amide bonds. The molecule has 4 heteroatoms. The van der Waals surface area contributed by atoms with Crippen molar-refractivity contribution < 1.29 is 19.4 Å². The minimum absolute atomic E-state index is 0.243. The first-order chi connectivity index (χ1) is 12.1. The van der Waals surface area contributed by atoms with Gasteiger partial charge < -0.3 is 14.6 Å². The highest BCUT2D eigenvalue weighted by atomic mass is 16.5. The fraction of sp³-hybridized carbons (Fsp3) is 0.286. The molecule has 0 atom stereocenters. The van der Waals surface area contributed by atoms with Gasteiger partial charge in [0.25, 0.3) is 0 Å². The van der Waals surface area contributed by atoms with Gasteiger partial charge in [0.1, 0.15) is 0 Å². The quantitative estimate of drug-likeness (QED) is 0.560. The molecule has 0 aliphatic rings. The van der Waals surface area contributed by atoms with Crippen LogP contribution in [-0.2, 0) is 11.2 Å². The Morgan fingerprint density at radius 3 is 2.36 bits per heavy atom. The van der Waals surface area contributed by atoms with Gasteiger partial charge in [0.2, 0.25) is 0 Å². The lowest BCUT2D eigenvalue weighted by Gasteiger charge is -2.11. The largest absolute Gasteiger partial charge is 0.493 e. The Morgan fingerprint density at radius 1 is 1.08 bits per heavy atom. The number of aryl methyl sites for hydroxylation is 1. The van der Waals surface area contributed by atoms with E-state index in [1.54, 1.807) is 25.3 Å². The first-order valence-electron chi connectivity index (χ1n) is 8.44. The van der Waals surface area contributed by atoms with Crippen LogP contribution >= 0.6 is 0 Å². The molecule has 2 rings (SSSR count). The third-order valence-corrected chi connectivity index (χ3v) is 3.86. The van der Waals surface area contributed by atoms with E-state index in [1.165, 1.54) is 5.56 Å². The number of hydrogen-bond acceptors (Lipinski definition) is 3. The van der Waals surface area contributed by atoms with Crippen LogP contribution in [0.2, 0.25) is 0 Å². The van der Waals surface area contributed by atoms with Crippen LogP contribution < -0.4 is 9.47 Å². The highest BCUT2D eigenvalue weighted by molar-refractivity contribution is 6.20. The Hall–Kier alpha value is -2.75. The summed E-state index contributed by atoms with van der Waals surface area (Å²) >= 11 is 0. The Balaban J connectivity index is 2.37. The SMILES string of the molecule is CCCOc1ccc(/C=C(\C(=O)O)c2ccc(CC)cc2)cc1OC. The van der Waals surface area contributed by atoms with Gasteiger partial charge in [-0.05, 0) is 47.7 Å². The summed E-state index contributed by atoms with van der Waals surface area (Å²) in [4.78, 5) is 11.7. The average molecular weight is 340 g/mol. The molecule has 0 fully saturated rings. The molecule has 0 bridgehead atoms. The Morgan fingerprint density at radius 2 is 1.80 bits per heavy atom. The molecule has 0 saturated heterocycles. The zero-order valence-corrected chi connectivity index (χ0v) is 14.9. The number of ether oxygens (including phenoxy) is 2. The molecule has 2 aromatic carbocycles. The van der Waals surface area contributed by atoms with Crippen LogP contribution in [0.15, 0.2) is 42.5 Å². The van der Waals surface area contributed by atoms with E-state index in [2.05, 4.69) is 6.92 Å². The van der Waals surface area contributed by atoms with Gasteiger partial charge in [-0.2, -0.15) is 0 Å². The molecule has 0 unspecified atom stereocenters. The minimum Gasteiger partial charge on any atom is -0.493 e. The molecule has 2 aromatic rings. The smallest absolute Gasteiger partial charge is 0.336 e. The summed E-state index contributed by atoms with van der Waals surface area (Å²) in [5, 5.41) is 9.59. The van der Waals surface area contributed by atoms with Gasteiger partial charge in [-0.3, -0.25) is 0 Å². The number of carbonyl (C=O) groups is 1. The normalized spacial score (nSPS) is 11.2. The first-order valence-corrected chi connectivity index (χ1v) is 8.44. The predicted octanol–water partition coefficient (Wildman–Crippen LogP) is 4.67. The van der Waals surface area contributed by atoms with Gasteiger partial charge in [-0.25, -0.2) is 4.79 Å². The van der Waals surface area contributed by atoms with Crippen molar-refractivity contribution in [2.75, 3.05) is 13.7 Å². The van der Waals surface area contributed by atoms with Gasteiger partial charge in [-0.1, -0.05) is 44.2 Å². The zero-order chi connectivity index (χ0) is 18.2. The van der Waals surface area contributed by atoms with Gasteiger partial charge >= 0.3 is 5.97 Å². The molecular formula is C21H24O4. The van der Waals surface area contributed by atoms with Crippen molar-refractivity contribution in [1.29, 1.82) is 0 Å². The number of carboxylic acids is 1. The summed E-state index contributed by atoms with van der Waals surface area (Å²) < 4.78 is 11.0. The molecule has 25 heavy (non-hydrogen) atoms. The molecule has 132 valence electrons. The molecule has 0 saturated carbocycles. The second-order valence-electron chi connectivity index (χ2n) is 5.67. The Labute approximate surface area is 148 Å². The average Bonchev–Trinajstić information content (AvgIpc) is 2.64. The van der Waals surface area contributed by atoms with E-state index in [-0.39, 0.29) is 5.57 Å². The van der Waals surface area contributed by atoms with Crippen molar-refractivity contribution >= 4 is 17.6 Å². The van der Waals surface area contributed by atoms with Gasteiger partial charge in [0.15, 0.2) is 11.5 Å². The second kappa shape index (κ2) is 8.92. The molecule has 0 spiro atoms. The van der Waals surface area contributed by atoms with Gasteiger partial charge in [0, 0.05) is 0 Å². The number of rotatable bonds is 8. The summed E-state index contributed by atoms with van der Waals surface area (Å²) in [6.45, 7) is 4.71. The van der Waals surface area contributed by atoms with E-state index in [0.29, 0.717) is 23.7 Å². The number of hydrogen-bond donors (Lipinski definition) is 1. The van der Waals surface area contributed by atoms with Crippen LogP contribution in [-0.4, -0.2) is 24.8 Å². The number of aliphatic carboxylic acids is 1. The van der Waals surface area contributed by atoms with Crippen molar-refractivity contribution in [3.8, 4) is 11.5 Å². The lowest BCUT2D eigenvalue weighted by molar-refractivity contribution is -0.130. The Bertz CT molecular complexity index is 745.